The zero-order chi connectivity index (χ0) is 14.9. The van der Waals surface area contributed by atoms with E-state index in [2.05, 4.69) is 20.8 Å². The fraction of sp³-hybridized carbons (Fsp3) is 0.846. The average Bonchev–Trinajstić information content (AvgIpc) is 2.35. The van der Waals surface area contributed by atoms with Gasteiger partial charge in [-0.3, -0.25) is 0 Å². The molecule has 0 aliphatic carbocycles. The Morgan fingerprint density at radius 2 is 1.06 bits per heavy atom. The molecule has 0 aromatic heterocycles. The van der Waals surface area contributed by atoms with E-state index in [4.69, 9.17) is 13.5 Å². The predicted octanol–water partition coefficient (Wildman–Crippen LogP) is 3.51. The summed E-state index contributed by atoms with van der Waals surface area (Å²) in [5.41, 5.74) is 0. The second-order valence-corrected chi connectivity index (χ2v) is 2.80. The summed E-state index contributed by atoms with van der Waals surface area (Å²) in [6, 6.07) is 0. The van der Waals surface area contributed by atoms with Crippen molar-refractivity contribution >= 4 is 0 Å². The fourth-order valence-corrected chi connectivity index (χ4v) is 0.158. The predicted molar refractivity (Wildman–Crippen MR) is 71.4 cm³/mol. The summed E-state index contributed by atoms with van der Waals surface area (Å²) in [4.78, 5) is 0. The zero-order valence-electron chi connectivity index (χ0n) is 12.2. The van der Waals surface area contributed by atoms with Crippen molar-refractivity contribution in [1.82, 2.24) is 0 Å². The van der Waals surface area contributed by atoms with Crippen LogP contribution in [0.4, 0.5) is 0 Å². The van der Waals surface area contributed by atoms with Crippen LogP contribution in [0.3, 0.4) is 0 Å². The van der Waals surface area contributed by atoms with Gasteiger partial charge >= 0.3 is 23.7 Å². The van der Waals surface area contributed by atoms with Crippen LogP contribution in [0.1, 0.15) is 59.8 Å². The molecule has 0 aromatic rings. The number of hydrogen-bond acceptors (Lipinski definition) is 3. The van der Waals surface area contributed by atoms with Crippen LogP contribution in [0.15, 0.2) is 0 Å². The van der Waals surface area contributed by atoms with Gasteiger partial charge in [0.1, 0.15) is 0 Å². The molecule has 0 fully saturated rings. The number of unbranched alkanes of at least 4 members (excludes halogenated alkanes) is 1. The van der Waals surface area contributed by atoms with Crippen LogP contribution in [0.25, 0.3) is 0 Å². The molecule has 3 nitrogen and oxygen atoms in total. The van der Waals surface area contributed by atoms with Crippen molar-refractivity contribution in [2.75, 3.05) is 13.2 Å². The van der Waals surface area contributed by atoms with Crippen LogP contribution >= 0.6 is 0 Å². The summed E-state index contributed by atoms with van der Waals surface area (Å²) >= 11 is 0.750. The molecule has 0 amide bonds. The van der Waals surface area contributed by atoms with E-state index in [1.807, 2.05) is 20.8 Å². The van der Waals surface area contributed by atoms with Crippen LogP contribution in [0, 0.1) is 13.8 Å². The quantitative estimate of drug-likeness (QED) is 0.616. The van der Waals surface area contributed by atoms with Crippen molar-refractivity contribution in [2.45, 2.75) is 59.8 Å². The van der Waals surface area contributed by atoms with Crippen molar-refractivity contribution in [3.63, 3.8) is 0 Å². The maximum atomic E-state index is 8.25. The van der Waals surface area contributed by atoms with Gasteiger partial charge in [0.15, 0.2) is 0 Å². The monoisotopic (exact) mass is 284 g/mol. The molecule has 0 aliphatic rings. The molecular weight excluding hydrogens is 252 g/mol. The summed E-state index contributed by atoms with van der Waals surface area (Å²) in [5.74, 6) is 0. The molecule has 0 heterocycles. The minimum absolute atomic E-state index is 0.319. The van der Waals surface area contributed by atoms with Gasteiger partial charge in [0.05, 0.1) is 0 Å². The Morgan fingerprint density at radius 1 is 0.824 bits per heavy atom. The number of aliphatic hydroxyl groups is 2. The first kappa shape index (κ1) is 30.5. The second kappa shape index (κ2) is 70.8. The molecule has 0 unspecified atom stereocenters. The van der Waals surface area contributed by atoms with Gasteiger partial charge in [-0.15, -0.1) is 0 Å². The van der Waals surface area contributed by atoms with Crippen LogP contribution in [-0.2, 0) is 23.7 Å². The topological polar surface area (TPSA) is 57.5 Å². The van der Waals surface area contributed by atoms with E-state index in [-0.39, 0.29) is 0 Å². The Morgan fingerprint density at radius 3 is 1.06 bits per heavy atom. The standard InChI is InChI=1S/C4H10O.C3H8O.2C3H7.O.Ti/c1-2-3-4-5;1-2-3-4;2*1-3-2;;/h5H,2-4H2,1H3;4H,2-3H2,1H3;2*1,3H2,2H3;;/q;;2*-1;;+2. The second-order valence-electron chi connectivity index (χ2n) is 2.80. The van der Waals surface area contributed by atoms with Crippen LogP contribution in [-0.4, -0.2) is 23.4 Å². The Hall–Kier alpha value is 0.434. The molecule has 106 valence electrons. The summed E-state index contributed by atoms with van der Waals surface area (Å²) in [7, 11) is 0. The van der Waals surface area contributed by atoms with E-state index >= 15 is 0 Å². The first-order valence-electron chi connectivity index (χ1n) is 6.17. The molecule has 4 heteroatoms. The van der Waals surface area contributed by atoms with Crippen molar-refractivity contribution in [2.24, 2.45) is 0 Å². The molecular formula is C13H32O3Ti. The van der Waals surface area contributed by atoms with E-state index in [1.165, 1.54) is 0 Å². The van der Waals surface area contributed by atoms with Crippen molar-refractivity contribution in [3.05, 3.63) is 13.8 Å². The molecule has 17 heavy (non-hydrogen) atoms. The number of rotatable bonds is 3. The molecule has 0 atom stereocenters. The number of aliphatic hydroxyl groups excluding tert-OH is 2. The average molecular weight is 284 g/mol. The first-order valence-corrected chi connectivity index (χ1v) is 6.80. The van der Waals surface area contributed by atoms with Gasteiger partial charge in [-0.05, 0) is 12.8 Å². The van der Waals surface area contributed by atoms with Gasteiger partial charge in [0.25, 0.3) is 0 Å². The van der Waals surface area contributed by atoms with E-state index < -0.39 is 0 Å². The molecule has 2 N–H and O–H groups in total. The molecule has 0 aromatic carbocycles. The van der Waals surface area contributed by atoms with Gasteiger partial charge < -0.3 is 24.1 Å². The molecule has 0 rings (SSSR count). The third-order valence-electron chi connectivity index (χ3n) is 0.735. The van der Waals surface area contributed by atoms with Gasteiger partial charge in [-0.25, -0.2) is 0 Å². The van der Waals surface area contributed by atoms with Crippen LogP contribution in [0.2, 0.25) is 0 Å². The van der Waals surface area contributed by atoms with E-state index in [1.54, 1.807) is 0 Å². The van der Waals surface area contributed by atoms with Crippen LogP contribution < -0.4 is 0 Å². The van der Waals surface area contributed by atoms with Crippen LogP contribution in [0.5, 0.6) is 0 Å². The summed E-state index contributed by atoms with van der Waals surface area (Å²) in [6.07, 6.45) is 4.91. The van der Waals surface area contributed by atoms with Crippen molar-refractivity contribution in [1.29, 1.82) is 0 Å². The Bertz CT molecular complexity index is 58.6. The normalized spacial score (nSPS) is 6.71. The Balaban J connectivity index is -0.0000000367. The zero-order valence-corrected chi connectivity index (χ0v) is 13.7. The minimum atomic E-state index is 0.319. The third kappa shape index (κ3) is 290. The third-order valence-corrected chi connectivity index (χ3v) is 0.735. The molecule has 0 saturated carbocycles. The summed E-state index contributed by atoms with van der Waals surface area (Å²) in [5, 5.41) is 15.9. The van der Waals surface area contributed by atoms with Gasteiger partial charge in [-0.2, -0.15) is 12.8 Å². The molecule has 0 spiro atoms. The van der Waals surface area contributed by atoms with Crippen molar-refractivity contribution < 1.29 is 33.9 Å². The molecule has 0 bridgehead atoms. The van der Waals surface area contributed by atoms with E-state index in [9.17, 15) is 0 Å². The SMILES string of the molecule is CCCCO.CCCO.[CH2-]CC.[CH2-]CC.[O]=[Ti+2]. The van der Waals surface area contributed by atoms with Crippen molar-refractivity contribution in [3.8, 4) is 0 Å². The van der Waals surface area contributed by atoms with E-state index in [0.29, 0.717) is 13.2 Å². The van der Waals surface area contributed by atoms with Gasteiger partial charge in [0, 0.05) is 13.2 Å². The maximum absolute atomic E-state index is 8.25. The van der Waals surface area contributed by atoms with E-state index in [0.717, 1.165) is 52.5 Å². The van der Waals surface area contributed by atoms with Gasteiger partial charge in [-0.1, -0.05) is 34.1 Å². The Labute approximate surface area is 121 Å². The summed E-state index contributed by atoms with van der Waals surface area (Å²) < 4.78 is 8.25. The fourth-order valence-electron chi connectivity index (χ4n) is 0.158. The van der Waals surface area contributed by atoms with Gasteiger partial charge in [0.2, 0.25) is 0 Å². The number of hydrogen-bond donors (Lipinski definition) is 2. The molecule has 0 saturated heterocycles. The summed E-state index contributed by atoms with van der Waals surface area (Å²) in [6.45, 7) is 15.6. The molecule has 0 radical (unpaired) electrons. The first-order chi connectivity index (χ1) is 8.16. The molecule has 0 aliphatic heterocycles. The Kier molecular flexibility index (Phi) is 127.